The lowest BCUT2D eigenvalue weighted by molar-refractivity contribution is -0.134. The Kier molecular flexibility index (Phi) is 5.86. The number of carbonyl (C=O) groups is 1. The number of hydrogen-bond acceptors (Lipinski definition) is 3. The van der Waals surface area contributed by atoms with Crippen molar-refractivity contribution in [3.05, 3.63) is 30.1 Å². The van der Waals surface area contributed by atoms with Gasteiger partial charge in [-0.3, -0.25) is 9.78 Å². The normalized spacial score (nSPS) is 11.6. The van der Waals surface area contributed by atoms with E-state index in [1.807, 2.05) is 32.0 Å². The van der Waals surface area contributed by atoms with Crippen LogP contribution in [-0.2, 0) is 11.3 Å². The number of hydrogen-bond donors (Lipinski definition) is 0. The van der Waals surface area contributed by atoms with E-state index in [0.717, 1.165) is 12.1 Å². The molecule has 0 aliphatic heterocycles. The third-order valence-electron chi connectivity index (χ3n) is 2.80. The molecular weight excluding hydrogens is 226 g/mol. The van der Waals surface area contributed by atoms with Crippen LogP contribution in [0.4, 0.5) is 0 Å². The van der Waals surface area contributed by atoms with Gasteiger partial charge in [-0.2, -0.15) is 5.26 Å². The van der Waals surface area contributed by atoms with Gasteiger partial charge in [-0.25, -0.2) is 0 Å². The van der Waals surface area contributed by atoms with Crippen LogP contribution in [0.1, 0.15) is 32.4 Å². The van der Waals surface area contributed by atoms with E-state index in [-0.39, 0.29) is 5.91 Å². The van der Waals surface area contributed by atoms with Crippen LogP contribution in [0.25, 0.3) is 0 Å². The topological polar surface area (TPSA) is 57.0 Å². The van der Waals surface area contributed by atoms with Gasteiger partial charge >= 0.3 is 0 Å². The minimum Gasteiger partial charge on any atom is -0.336 e. The first-order valence-corrected chi connectivity index (χ1v) is 6.31. The smallest absolute Gasteiger partial charge is 0.240 e. The third-order valence-corrected chi connectivity index (χ3v) is 2.80. The molecule has 1 aromatic heterocycles. The van der Waals surface area contributed by atoms with Crippen LogP contribution in [0.2, 0.25) is 0 Å². The second kappa shape index (κ2) is 7.44. The fraction of sp³-hybridized carbons (Fsp3) is 0.500. The molecule has 4 nitrogen and oxygen atoms in total. The van der Waals surface area contributed by atoms with Gasteiger partial charge in [0.15, 0.2) is 0 Å². The summed E-state index contributed by atoms with van der Waals surface area (Å²) in [4.78, 5) is 18.1. The van der Waals surface area contributed by atoms with Crippen LogP contribution in [0, 0.1) is 17.2 Å². The average molecular weight is 245 g/mol. The van der Waals surface area contributed by atoms with Gasteiger partial charge in [0.05, 0.1) is 18.3 Å². The molecule has 96 valence electrons. The van der Waals surface area contributed by atoms with E-state index in [4.69, 9.17) is 5.26 Å². The van der Waals surface area contributed by atoms with Crippen molar-refractivity contribution < 1.29 is 4.79 Å². The van der Waals surface area contributed by atoms with Crippen molar-refractivity contribution in [2.24, 2.45) is 5.92 Å². The van der Waals surface area contributed by atoms with E-state index in [1.165, 1.54) is 0 Å². The highest BCUT2D eigenvalue weighted by molar-refractivity contribution is 5.81. The van der Waals surface area contributed by atoms with Crippen LogP contribution < -0.4 is 0 Å². The Bertz CT molecular complexity index is 411. The quantitative estimate of drug-likeness (QED) is 0.773. The Morgan fingerprint density at radius 3 is 2.78 bits per heavy atom. The summed E-state index contributed by atoms with van der Waals surface area (Å²) in [6, 6.07) is 7.72. The number of aromatic nitrogens is 1. The van der Waals surface area contributed by atoms with Crippen molar-refractivity contribution in [2.45, 2.75) is 33.2 Å². The summed E-state index contributed by atoms with van der Waals surface area (Å²) in [5, 5.41) is 9.02. The molecule has 1 unspecified atom stereocenters. The SMILES string of the molecule is CCCC(C#N)C(=O)N(CC)Cc1ccccn1. The van der Waals surface area contributed by atoms with Gasteiger partial charge in [0.2, 0.25) is 5.91 Å². The Morgan fingerprint density at radius 2 is 2.28 bits per heavy atom. The van der Waals surface area contributed by atoms with Crippen LogP contribution in [0.15, 0.2) is 24.4 Å². The Labute approximate surface area is 108 Å². The second-order valence-corrected chi connectivity index (χ2v) is 4.14. The molecule has 1 amide bonds. The number of pyridine rings is 1. The maximum absolute atomic E-state index is 12.2. The first kappa shape index (κ1) is 14.2. The number of nitriles is 1. The molecule has 0 aliphatic rings. The molecule has 1 rings (SSSR count). The second-order valence-electron chi connectivity index (χ2n) is 4.14. The van der Waals surface area contributed by atoms with Crippen molar-refractivity contribution in [3.63, 3.8) is 0 Å². The van der Waals surface area contributed by atoms with Gasteiger partial charge < -0.3 is 4.90 Å². The van der Waals surface area contributed by atoms with E-state index >= 15 is 0 Å². The Morgan fingerprint density at radius 1 is 1.50 bits per heavy atom. The summed E-state index contributed by atoms with van der Waals surface area (Å²) in [5.74, 6) is -0.619. The monoisotopic (exact) mass is 245 g/mol. The molecule has 1 atom stereocenters. The van der Waals surface area contributed by atoms with E-state index in [0.29, 0.717) is 19.5 Å². The molecule has 0 fully saturated rings. The highest BCUT2D eigenvalue weighted by Gasteiger charge is 2.22. The zero-order valence-corrected chi connectivity index (χ0v) is 11.0. The highest BCUT2D eigenvalue weighted by Crippen LogP contribution is 2.11. The summed E-state index contributed by atoms with van der Waals surface area (Å²) < 4.78 is 0. The van der Waals surface area contributed by atoms with Gasteiger partial charge in [-0.05, 0) is 25.5 Å². The molecule has 1 heterocycles. The zero-order valence-electron chi connectivity index (χ0n) is 11.0. The number of rotatable bonds is 6. The molecule has 0 aliphatic carbocycles. The predicted molar refractivity (Wildman–Crippen MR) is 69.3 cm³/mol. The van der Waals surface area contributed by atoms with E-state index < -0.39 is 5.92 Å². The molecule has 0 saturated heterocycles. The van der Waals surface area contributed by atoms with E-state index in [2.05, 4.69) is 11.1 Å². The van der Waals surface area contributed by atoms with E-state index in [1.54, 1.807) is 11.1 Å². The van der Waals surface area contributed by atoms with Crippen LogP contribution >= 0.6 is 0 Å². The summed E-state index contributed by atoms with van der Waals surface area (Å²) in [6.45, 7) is 4.96. The molecule has 0 aromatic carbocycles. The van der Waals surface area contributed by atoms with E-state index in [9.17, 15) is 4.79 Å². The van der Waals surface area contributed by atoms with Gasteiger partial charge in [-0.15, -0.1) is 0 Å². The van der Waals surface area contributed by atoms with Crippen molar-refractivity contribution in [1.29, 1.82) is 5.26 Å². The number of carbonyl (C=O) groups excluding carboxylic acids is 1. The number of amides is 1. The maximum atomic E-state index is 12.2. The fourth-order valence-electron chi connectivity index (χ4n) is 1.79. The van der Waals surface area contributed by atoms with Gasteiger partial charge in [0.25, 0.3) is 0 Å². The molecule has 4 heteroatoms. The third kappa shape index (κ3) is 3.85. The average Bonchev–Trinajstić information content (AvgIpc) is 2.42. The lowest BCUT2D eigenvalue weighted by Gasteiger charge is -2.22. The standard InChI is InChI=1S/C14H19N3O/c1-3-7-12(10-15)14(18)17(4-2)11-13-8-5-6-9-16-13/h5-6,8-9,12H,3-4,7,11H2,1-2H3. The number of nitrogens with zero attached hydrogens (tertiary/aromatic N) is 3. The Hall–Kier alpha value is -1.89. The minimum absolute atomic E-state index is 0.0903. The van der Waals surface area contributed by atoms with Crippen LogP contribution in [0.3, 0.4) is 0 Å². The first-order chi connectivity index (χ1) is 8.72. The van der Waals surface area contributed by atoms with Gasteiger partial charge in [-0.1, -0.05) is 19.4 Å². The largest absolute Gasteiger partial charge is 0.336 e. The molecule has 0 spiro atoms. The van der Waals surface area contributed by atoms with Crippen molar-refractivity contribution in [1.82, 2.24) is 9.88 Å². The highest BCUT2D eigenvalue weighted by atomic mass is 16.2. The van der Waals surface area contributed by atoms with Crippen molar-refractivity contribution in [3.8, 4) is 6.07 Å². The van der Waals surface area contributed by atoms with Crippen molar-refractivity contribution >= 4 is 5.91 Å². The van der Waals surface area contributed by atoms with Gasteiger partial charge in [0, 0.05) is 12.7 Å². The lowest BCUT2D eigenvalue weighted by Crippen LogP contribution is -2.35. The molecule has 0 N–H and O–H groups in total. The van der Waals surface area contributed by atoms with Crippen LogP contribution in [-0.4, -0.2) is 22.3 Å². The maximum Gasteiger partial charge on any atom is 0.240 e. The molecule has 0 radical (unpaired) electrons. The molecule has 1 aromatic rings. The van der Waals surface area contributed by atoms with Crippen molar-refractivity contribution in [2.75, 3.05) is 6.54 Å². The molecule has 0 saturated carbocycles. The Balaban J connectivity index is 2.71. The summed E-state index contributed by atoms with van der Waals surface area (Å²) in [5.41, 5.74) is 0.848. The lowest BCUT2D eigenvalue weighted by atomic mass is 10.0. The zero-order chi connectivity index (χ0) is 13.4. The minimum atomic E-state index is -0.529. The summed E-state index contributed by atoms with van der Waals surface area (Å²) in [7, 11) is 0. The molecular formula is C14H19N3O. The molecule has 0 bridgehead atoms. The summed E-state index contributed by atoms with van der Waals surface area (Å²) >= 11 is 0. The van der Waals surface area contributed by atoms with Gasteiger partial charge in [0.1, 0.15) is 5.92 Å². The molecule has 18 heavy (non-hydrogen) atoms. The predicted octanol–water partition coefficient (Wildman–Crippen LogP) is 2.37. The van der Waals surface area contributed by atoms with Crippen LogP contribution in [0.5, 0.6) is 0 Å². The summed E-state index contributed by atoms with van der Waals surface area (Å²) in [6.07, 6.45) is 3.17. The first-order valence-electron chi connectivity index (χ1n) is 6.31. The fourth-order valence-corrected chi connectivity index (χ4v) is 1.79.